The first-order chi connectivity index (χ1) is 28.6. The van der Waals surface area contributed by atoms with Gasteiger partial charge in [0, 0.05) is 94.2 Å². The molecular weight excluding hydrogens is 774 g/mol. The molecule has 1 amide bonds. The maximum absolute atomic E-state index is 14.4. The topological polar surface area (TPSA) is 172 Å². The minimum Gasteiger partial charge on any atom is -0.482 e. The first-order valence-electron chi connectivity index (χ1n) is 20.1. The highest BCUT2D eigenvalue weighted by atomic mass is 32.1. The molecule has 1 unspecified atom stereocenters. The van der Waals surface area contributed by atoms with Crippen LogP contribution in [-0.2, 0) is 11.8 Å². The van der Waals surface area contributed by atoms with Crippen LogP contribution in [0.15, 0.2) is 61.1 Å². The Morgan fingerprint density at radius 3 is 2.56 bits per heavy atom. The molecule has 3 aliphatic rings. The van der Waals surface area contributed by atoms with Crippen molar-refractivity contribution in [3.05, 3.63) is 78.1 Å². The van der Waals surface area contributed by atoms with Crippen molar-refractivity contribution < 1.29 is 19.0 Å². The zero-order valence-corrected chi connectivity index (χ0v) is 34.1. The first-order valence-corrected chi connectivity index (χ1v) is 20.9. The van der Waals surface area contributed by atoms with Crippen LogP contribution in [0.1, 0.15) is 43.5 Å². The summed E-state index contributed by atoms with van der Waals surface area (Å²) in [6.45, 7) is 11.2. The molecule has 2 aromatic carbocycles. The van der Waals surface area contributed by atoms with Gasteiger partial charge in [0.2, 0.25) is 12.3 Å². The fourth-order valence-electron chi connectivity index (χ4n) is 8.44. The standard InChI is InChI=1S/C41H48FN13O3S/c1-25-37(28-20-35(38(43)44-23-28)58-26(2)32-21-29(42)4-7-33(32)55-45-11-12-46-55)59-41(47-25)53-18-16-51(17-19-53)24-27-8-13-52(14-9-27)30-5-6-31-34(22-30)50(3)49-39(31)54-15-10-36(56)48-40(54)57/h4-7,11-12,20-23,26-27,40,57H,8-10,13-19,24H2,1-3H3,(H2,43,44)(H,48,56)/t26-,40?/m0/s1. The summed E-state index contributed by atoms with van der Waals surface area (Å²) >= 11 is 1.65. The fraction of sp³-hybridized carbons (Fsp3) is 0.415. The number of carbonyl (C=O) groups is 1. The molecule has 4 aromatic heterocycles. The van der Waals surface area contributed by atoms with Gasteiger partial charge in [0.1, 0.15) is 11.9 Å². The third-order valence-corrected chi connectivity index (χ3v) is 13.0. The number of carbonyl (C=O) groups excluding carboxylic acids is 1. The second kappa shape index (κ2) is 16.1. The summed E-state index contributed by atoms with van der Waals surface area (Å²) in [5.74, 6) is 1.43. The molecule has 59 heavy (non-hydrogen) atoms. The highest BCUT2D eigenvalue weighted by Crippen LogP contribution is 2.39. The molecule has 18 heteroatoms. The van der Waals surface area contributed by atoms with Gasteiger partial charge >= 0.3 is 0 Å². The number of ether oxygens (including phenoxy) is 1. The van der Waals surface area contributed by atoms with E-state index in [-0.39, 0.29) is 17.5 Å². The van der Waals surface area contributed by atoms with Crippen LogP contribution in [0, 0.1) is 18.7 Å². The van der Waals surface area contributed by atoms with Gasteiger partial charge in [-0.1, -0.05) is 11.3 Å². The summed E-state index contributed by atoms with van der Waals surface area (Å²) in [6.07, 6.45) is 5.83. The Balaban J connectivity index is 0.790. The molecule has 0 radical (unpaired) electrons. The van der Waals surface area contributed by atoms with E-state index >= 15 is 0 Å². The molecule has 6 aromatic rings. The van der Waals surface area contributed by atoms with E-state index in [1.54, 1.807) is 40.9 Å². The Morgan fingerprint density at radius 1 is 1.02 bits per heavy atom. The summed E-state index contributed by atoms with van der Waals surface area (Å²) in [5.41, 5.74) is 11.4. The second-order valence-electron chi connectivity index (χ2n) is 15.6. The number of hydrogen-bond acceptors (Lipinski definition) is 14. The summed E-state index contributed by atoms with van der Waals surface area (Å²) in [6, 6.07) is 12.7. The number of pyridine rings is 1. The maximum atomic E-state index is 14.4. The number of aliphatic hydroxyl groups is 1. The molecule has 0 saturated carbocycles. The lowest BCUT2D eigenvalue weighted by molar-refractivity contribution is -0.125. The molecular formula is C41H48FN13O3S. The van der Waals surface area contributed by atoms with Crippen LogP contribution < -0.4 is 30.5 Å². The minimum atomic E-state index is -1.08. The van der Waals surface area contributed by atoms with Crippen LogP contribution >= 0.6 is 11.3 Å². The molecule has 0 aliphatic carbocycles. The number of thiazole rings is 1. The molecule has 0 spiro atoms. The van der Waals surface area contributed by atoms with E-state index < -0.39 is 12.5 Å². The van der Waals surface area contributed by atoms with Crippen LogP contribution in [0.4, 0.5) is 26.8 Å². The lowest BCUT2D eigenvalue weighted by Gasteiger charge is -2.39. The number of piperidine rings is 1. The van der Waals surface area contributed by atoms with E-state index in [1.807, 2.05) is 31.6 Å². The molecule has 308 valence electrons. The molecule has 7 heterocycles. The van der Waals surface area contributed by atoms with Crippen LogP contribution in [0.25, 0.3) is 27.0 Å². The van der Waals surface area contributed by atoms with Crippen molar-refractivity contribution in [1.82, 2.24) is 45.0 Å². The third kappa shape index (κ3) is 7.86. The molecule has 3 fully saturated rings. The van der Waals surface area contributed by atoms with Gasteiger partial charge in [-0.15, -0.1) is 0 Å². The molecule has 3 aliphatic heterocycles. The van der Waals surface area contributed by atoms with Gasteiger partial charge in [-0.2, -0.15) is 20.1 Å². The Morgan fingerprint density at radius 2 is 1.80 bits per heavy atom. The predicted octanol–water partition coefficient (Wildman–Crippen LogP) is 4.48. The first kappa shape index (κ1) is 38.7. The lowest BCUT2D eigenvalue weighted by Crippen LogP contribution is -2.54. The normalized spacial score (nSPS) is 18.8. The van der Waals surface area contributed by atoms with Crippen LogP contribution in [-0.4, -0.2) is 109 Å². The number of benzene rings is 2. The molecule has 0 bridgehead atoms. The van der Waals surface area contributed by atoms with E-state index in [0.29, 0.717) is 41.7 Å². The monoisotopic (exact) mass is 821 g/mol. The number of anilines is 4. The van der Waals surface area contributed by atoms with E-state index in [4.69, 9.17) is 20.6 Å². The zero-order valence-electron chi connectivity index (χ0n) is 33.3. The number of halogens is 1. The maximum Gasteiger partial charge on any atom is 0.225 e. The number of rotatable bonds is 10. The summed E-state index contributed by atoms with van der Waals surface area (Å²) in [7, 11) is 1.92. The van der Waals surface area contributed by atoms with Crippen molar-refractivity contribution in [2.75, 3.05) is 72.8 Å². The second-order valence-corrected chi connectivity index (χ2v) is 16.5. The number of nitrogen functional groups attached to an aromatic ring is 1. The number of piperazine rings is 1. The van der Waals surface area contributed by atoms with E-state index in [9.17, 15) is 14.3 Å². The van der Waals surface area contributed by atoms with Gasteiger partial charge in [-0.05, 0) is 75.1 Å². The number of nitrogens with one attached hydrogen (secondary N) is 1. The Hall–Kier alpha value is -5.85. The number of amides is 1. The van der Waals surface area contributed by atoms with Gasteiger partial charge in [0.05, 0.1) is 34.2 Å². The zero-order chi connectivity index (χ0) is 40.8. The predicted molar refractivity (Wildman–Crippen MR) is 225 cm³/mol. The van der Waals surface area contributed by atoms with Crippen molar-refractivity contribution in [2.24, 2.45) is 13.0 Å². The number of nitrogens with two attached hydrogens (primary N) is 1. The highest BCUT2D eigenvalue weighted by molar-refractivity contribution is 7.19. The largest absolute Gasteiger partial charge is 0.482 e. The Kier molecular flexibility index (Phi) is 10.5. The van der Waals surface area contributed by atoms with Crippen molar-refractivity contribution in [3.8, 4) is 21.9 Å². The van der Waals surface area contributed by atoms with Gasteiger partial charge in [0.15, 0.2) is 22.5 Å². The smallest absolute Gasteiger partial charge is 0.225 e. The average molecular weight is 822 g/mol. The van der Waals surface area contributed by atoms with Gasteiger partial charge in [-0.3, -0.25) is 14.4 Å². The number of fused-ring (bicyclic) bond motifs is 1. The number of hydrogen-bond donors (Lipinski definition) is 3. The van der Waals surface area contributed by atoms with E-state index in [0.717, 1.165) is 90.8 Å². The average Bonchev–Trinajstić information content (AvgIpc) is 3.99. The minimum absolute atomic E-state index is 0.158. The van der Waals surface area contributed by atoms with Crippen LogP contribution in [0.2, 0.25) is 0 Å². The number of nitrogens with zero attached hydrogens (tertiary/aromatic N) is 11. The molecule has 4 N–H and O–H groups in total. The van der Waals surface area contributed by atoms with E-state index in [1.165, 1.54) is 22.6 Å². The summed E-state index contributed by atoms with van der Waals surface area (Å²) in [5, 5.41) is 28.2. The Labute approximate surface area is 345 Å². The van der Waals surface area contributed by atoms with Gasteiger partial charge in [-0.25, -0.2) is 14.4 Å². The van der Waals surface area contributed by atoms with E-state index in [2.05, 4.69) is 53.4 Å². The molecule has 16 nitrogen and oxygen atoms in total. The SMILES string of the molecule is Cc1nc(N2CCN(CC3CCN(c4ccc5c(N6CCC(=O)NC6O)nn(C)c5c4)CC3)CC2)sc1-c1cnc(N)c(O[C@@H](C)c2cc(F)ccc2-n2nccn2)c1. The molecule has 3 saturated heterocycles. The quantitative estimate of drug-likeness (QED) is 0.177. The summed E-state index contributed by atoms with van der Waals surface area (Å²) < 4.78 is 22.6. The molecule has 2 atom stereocenters. The fourth-order valence-corrected chi connectivity index (χ4v) is 9.54. The number of aliphatic hydroxyl groups excluding tert-OH is 1. The number of aromatic nitrogens is 7. The van der Waals surface area contributed by atoms with Gasteiger partial charge < -0.3 is 35.6 Å². The van der Waals surface area contributed by atoms with Crippen molar-refractivity contribution in [3.63, 3.8) is 0 Å². The van der Waals surface area contributed by atoms with Crippen LogP contribution in [0.5, 0.6) is 5.75 Å². The van der Waals surface area contributed by atoms with Gasteiger partial charge in [0.25, 0.3) is 0 Å². The summed E-state index contributed by atoms with van der Waals surface area (Å²) in [4.78, 5) is 32.8. The molecule has 9 rings (SSSR count). The van der Waals surface area contributed by atoms with Crippen molar-refractivity contribution >= 4 is 50.6 Å². The van der Waals surface area contributed by atoms with Crippen molar-refractivity contribution in [2.45, 2.75) is 45.6 Å². The van der Waals surface area contributed by atoms with Crippen molar-refractivity contribution in [1.29, 1.82) is 0 Å². The Bertz CT molecular complexity index is 2460. The highest BCUT2D eigenvalue weighted by Gasteiger charge is 2.30. The lowest BCUT2D eigenvalue weighted by atomic mass is 9.95. The van der Waals surface area contributed by atoms with Crippen LogP contribution in [0.3, 0.4) is 0 Å². The third-order valence-electron chi connectivity index (χ3n) is 11.7. The number of aryl methyl sites for hydroxylation is 2.